The second-order valence-electron chi connectivity index (χ2n) is 7.14. The van der Waals surface area contributed by atoms with Crippen LogP contribution in [0.4, 0.5) is 4.79 Å². The largest absolute Gasteiger partial charge is 0.481 e. The standard InChI is InChI=1S/C16H30N2O4/c1-5-8-18-10-12(6-7-14(19)20)9-13(11-18)17-15(21)22-16(2,3)4/h12-13H,5-11H2,1-4H3,(H,17,21)(H,19,20). The Morgan fingerprint density at radius 1 is 1.32 bits per heavy atom. The molecule has 0 radical (unpaired) electrons. The van der Waals surface area contributed by atoms with Crippen molar-refractivity contribution in [2.75, 3.05) is 19.6 Å². The van der Waals surface area contributed by atoms with Crippen LogP contribution in [0.1, 0.15) is 53.4 Å². The number of ether oxygens (including phenoxy) is 1. The fourth-order valence-corrected chi connectivity index (χ4v) is 2.92. The molecule has 0 spiro atoms. The van der Waals surface area contributed by atoms with E-state index in [4.69, 9.17) is 9.84 Å². The van der Waals surface area contributed by atoms with Crippen molar-refractivity contribution in [3.8, 4) is 0 Å². The molecule has 0 aromatic heterocycles. The Labute approximate surface area is 133 Å². The molecule has 0 aromatic rings. The highest BCUT2D eigenvalue weighted by molar-refractivity contribution is 5.68. The third kappa shape index (κ3) is 7.64. The number of nitrogens with one attached hydrogen (secondary N) is 1. The van der Waals surface area contributed by atoms with E-state index in [2.05, 4.69) is 17.1 Å². The summed E-state index contributed by atoms with van der Waals surface area (Å²) in [7, 11) is 0. The zero-order chi connectivity index (χ0) is 16.8. The van der Waals surface area contributed by atoms with Crippen LogP contribution in [-0.4, -0.2) is 53.3 Å². The number of carboxylic acids is 1. The van der Waals surface area contributed by atoms with Crippen molar-refractivity contribution < 1.29 is 19.4 Å². The molecule has 1 aliphatic rings. The fraction of sp³-hybridized carbons (Fsp3) is 0.875. The number of carbonyl (C=O) groups is 2. The first-order valence-corrected chi connectivity index (χ1v) is 8.13. The van der Waals surface area contributed by atoms with E-state index < -0.39 is 17.7 Å². The molecule has 0 bridgehead atoms. The molecule has 1 saturated heterocycles. The quantitative estimate of drug-likeness (QED) is 0.787. The molecule has 0 aromatic carbocycles. The molecule has 1 heterocycles. The molecule has 2 N–H and O–H groups in total. The maximum atomic E-state index is 11.9. The summed E-state index contributed by atoms with van der Waals surface area (Å²) in [6, 6.07) is 0.0222. The van der Waals surface area contributed by atoms with Crippen LogP contribution in [-0.2, 0) is 9.53 Å². The van der Waals surface area contributed by atoms with Crippen molar-refractivity contribution in [2.45, 2.75) is 65.0 Å². The van der Waals surface area contributed by atoms with Gasteiger partial charge in [-0.3, -0.25) is 4.79 Å². The van der Waals surface area contributed by atoms with Crippen molar-refractivity contribution >= 4 is 12.1 Å². The van der Waals surface area contributed by atoms with Gasteiger partial charge in [0.15, 0.2) is 0 Å². The predicted octanol–water partition coefficient (Wildman–Crippen LogP) is 2.48. The lowest BCUT2D eigenvalue weighted by Gasteiger charge is -2.38. The zero-order valence-electron chi connectivity index (χ0n) is 14.2. The van der Waals surface area contributed by atoms with Crippen LogP contribution < -0.4 is 5.32 Å². The van der Waals surface area contributed by atoms with E-state index in [-0.39, 0.29) is 12.5 Å². The molecule has 1 fully saturated rings. The Kier molecular flexibility index (Phi) is 7.13. The van der Waals surface area contributed by atoms with Crippen LogP contribution in [0.3, 0.4) is 0 Å². The van der Waals surface area contributed by atoms with Crippen molar-refractivity contribution in [2.24, 2.45) is 5.92 Å². The van der Waals surface area contributed by atoms with E-state index in [9.17, 15) is 9.59 Å². The lowest BCUT2D eigenvalue weighted by Crippen LogP contribution is -2.51. The van der Waals surface area contributed by atoms with E-state index in [0.717, 1.165) is 32.5 Å². The van der Waals surface area contributed by atoms with Crippen LogP contribution in [0.5, 0.6) is 0 Å². The minimum Gasteiger partial charge on any atom is -0.481 e. The molecule has 22 heavy (non-hydrogen) atoms. The Morgan fingerprint density at radius 2 is 2.00 bits per heavy atom. The highest BCUT2D eigenvalue weighted by Crippen LogP contribution is 2.22. The summed E-state index contributed by atoms with van der Waals surface area (Å²) in [6.07, 6.45) is 2.30. The molecule has 6 nitrogen and oxygen atoms in total. The second kappa shape index (κ2) is 8.36. The van der Waals surface area contributed by atoms with Gasteiger partial charge in [0, 0.05) is 25.6 Å². The molecule has 0 saturated carbocycles. The molecule has 1 amide bonds. The van der Waals surface area contributed by atoms with E-state index >= 15 is 0 Å². The monoisotopic (exact) mass is 314 g/mol. The second-order valence-corrected chi connectivity index (χ2v) is 7.14. The number of nitrogens with zero attached hydrogens (tertiary/aromatic N) is 1. The van der Waals surface area contributed by atoms with Gasteiger partial charge in [-0.2, -0.15) is 0 Å². The minimum atomic E-state index is -0.760. The number of piperidine rings is 1. The summed E-state index contributed by atoms with van der Waals surface area (Å²) < 4.78 is 5.31. The van der Waals surface area contributed by atoms with Gasteiger partial charge in [0.1, 0.15) is 5.60 Å². The van der Waals surface area contributed by atoms with Crippen molar-refractivity contribution in [1.29, 1.82) is 0 Å². The van der Waals surface area contributed by atoms with Gasteiger partial charge in [-0.1, -0.05) is 6.92 Å². The Balaban J connectivity index is 2.56. The summed E-state index contributed by atoms with van der Waals surface area (Å²) in [5.41, 5.74) is -0.509. The van der Waals surface area contributed by atoms with E-state index in [1.165, 1.54) is 0 Å². The normalized spacial score (nSPS) is 23.1. The maximum Gasteiger partial charge on any atom is 0.407 e. The SMILES string of the molecule is CCCN1CC(CCC(=O)O)CC(NC(=O)OC(C)(C)C)C1. The van der Waals surface area contributed by atoms with Gasteiger partial charge in [-0.15, -0.1) is 0 Å². The van der Waals surface area contributed by atoms with Crippen LogP contribution >= 0.6 is 0 Å². The molecular weight excluding hydrogens is 284 g/mol. The summed E-state index contributed by atoms with van der Waals surface area (Å²) in [5.74, 6) is -0.458. The van der Waals surface area contributed by atoms with Crippen LogP contribution in [0, 0.1) is 5.92 Å². The molecule has 6 heteroatoms. The maximum absolute atomic E-state index is 11.9. The fourth-order valence-electron chi connectivity index (χ4n) is 2.92. The third-order valence-corrected chi connectivity index (χ3v) is 3.64. The third-order valence-electron chi connectivity index (χ3n) is 3.64. The minimum absolute atomic E-state index is 0.0222. The molecule has 128 valence electrons. The lowest BCUT2D eigenvalue weighted by molar-refractivity contribution is -0.137. The number of likely N-dealkylation sites (tertiary alicyclic amines) is 1. The lowest BCUT2D eigenvalue weighted by atomic mass is 9.90. The average Bonchev–Trinajstić information content (AvgIpc) is 2.34. The number of carbonyl (C=O) groups excluding carboxylic acids is 1. The number of hydrogen-bond acceptors (Lipinski definition) is 4. The van der Waals surface area contributed by atoms with E-state index in [0.29, 0.717) is 12.3 Å². The van der Waals surface area contributed by atoms with Crippen LogP contribution in [0.15, 0.2) is 0 Å². The molecular formula is C16H30N2O4. The van der Waals surface area contributed by atoms with Gasteiger partial charge in [0.05, 0.1) is 0 Å². The smallest absolute Gasteiger partial charge is 0.407 e. The summed E-state index contributed by atoms with van der Waals surface area (Å²) in [4.78, 5) is 25.0. The Bertz CT molecular complexity index is 379. The van der Waals surface area contributed by atoms with E-state index in [1.807, 2.05) is 20.8 Å². The van der Waals surface area contributed by atoms with Gasteiger partial charge in [-0.05, 0) is 52.5 Å². The van der Waals surface area contributed by atoms with Gasteiger partial charge >= 0.3 is 12.1 Å². The van der Waals surface area contributed by atoms with Gasteiger partial charge in [0.2, 0.25) is 0 Å². The number of aliphatic carboxylic acids is 1. The first-order chi connectivity index (χ1) is 10.2. The Morgan fingerprint density at radius 3 is 2.55 bits per heavy atom. The summed E-state index contributed by atoms with van der Waals surface area (Å²) in [6.45, 7) is 10.3. The average molecular weight is 314 g/mol. The van der Waals surface area contributed by atoms with Crippen LogP contribution in [0.2, 0.25) is 0 Å². The highest BCUT2D eigenvalue weighted by atomic mass is 16.6. The first kappa shape index (κ1) is 18.7. The van der Waals surface area contributed by atoms with Crippen LogP contribution in [0.25, 0.3) is 0 Å². The van der Waals surface area contributed by atoms with Gasteiger partial charge in [0.25, 0.3) is 0 Å². The number of hydrogen-bond donors (Lipinski definition) is 2. The predicted molar refractivity (Wildman–Crippen MR) is 84.9 cm³/mol. The number of rotatable bonds is 6. The van der Waals surface area contributed by atoms with Crippen molar-refractivity contribution in [3.63, 3.8) is 0 Å². The molecule has 2 unspecified atom stereocenters. The topological polar surface area (TPSA) is 78.9 Å². The molecule has 1 rings (SSSR count). The molecule has 0 aliphatic carbocycles. The number of alkyl carbamates (subject to hydrolysis) is 1. The summed E-state index contributed by atoms with van der Waals surface area (Å²) >= 11 is 0. The van der Waals surface area contributed by atoms with Crippen molar-refractivity contribution in [3.05, 3.63) is 0 Å². The number of carboxylic acid groups (broad SMARTS) is 1. The zero-order valence-corrected chi connectivity index (χ0v) is 14.2. The van der Waals surface area contributed by atoms with E-state index in [1.54, 1.807) is 0 Å². The number of amides is 1. The van der Waals surface area contributed by atoms with Crippen molar-refractivity contribution in [1.82, 2.24) is 10.2 Å². The van der Waals surface area contributed by atoms with Gasteiger partial charge in [-0.25, -0.2) is 4.79 Å². The summed E-state index contributed by atoms with van der Waals surface area (Å²) in [5, 5.41) is 11.8. The highest BCUT2D eigenvalue weighted by Gasteiger charge is 2.29. The molecule has 1 aliphatic heterocycles. The first-order valence-electron chi connectivity index (χ1n) is 8.13. The Hall–Kier alpha value is -1.30. The van der Waals surface area contributed by atoms with Gasteiger partial charge < -0.3 is 20.1 Å². The molecule has 2 atom stereocenters.